The molecular weight excluding hydrogens is 401 g/mol. The van der Waals surface area contributed by atoms with Crippen LogP contribution < -0.4 is 5.56 Å². The van der Waals surface area contributed by atoms with Crippen molar-refractivity contribution in [2.45, 2.75) is 33.0 Å². The highest BCUT2D eigenvalue weighted by Gasteiger charge is 2.34. The topological polar surface area (TPSA) is 76.5 Å². The number of alkyl halides is 3. The van der Waals surface area contributed by atoms with Crippen molar-refractivity contribution in [1.82, 2.24) is 9.55 Å². The molecule has 3 rings (SSSR count). The Morgan fingerprint density at radius 3 is 2.43 bits per heavy atom. The molecule has 9 heteroatoms. The number of aromatic amines is 1. The number of hydrogen-bond donors (Lipinski definition) is 2. The Labute approximate surface area is 171 Å². The maximum atomic E-state index is 13.7. The van der Waals surface area contributed by atoms with Gasteiger partial charge in [-0.3, -0.25) is 4.79 Å². The van der Waals surface area contributed by atoms with E-state index in [-0.39, 0.29) is 24.1 Å². The van der Waals surface area contributed by atoms with Crippen molar-refractivity contribution < 1.29 is 27.8 Å². The van der Waals surface area contributed by atoms with Crippen LogP contribution >= 0.6 is 0 Å². The zero-order chi connectivity index (χ0) is 21.9. The van der Waals surface area contributed by atoms with Crippen molar-refractivity contribution >= 4 is 21.8 Å². The molecule has 0 aliphatic heterocycles. The molecule has 6 nitrogen and oxygen atoms in total. The van der Waals surface area contributed by atoms with Crippen LogP contribution in [-0.2, 0) is 28.6 Å². The van der Waals surface area contributed by atoms with Crippen LogP contribution in [0.2, 0.25) is 0 Å². The van der Waals surface area contributed by atoms with Gasteiger partial charge in [0, 0.05) is 40.1 Å². The molecule has 0 saturated heterocycles. The summed E-state index contributed by atoms with van der Waals surface area (Å²) in [5.41, 5.74) is 0.835. The Morgan fingerprint density at radius 2 is 1.80 bits per heavy atom. The van der Waals surface area contributed by atoms with E-state index in [1.54, 1.807) is 6.07 Å². The van der Waals surface area contributed by atoms with Crippen molar-refractivity contribution in [3.63, 3.8) is 0 Å². The lowest BCUT2D eigenvalue weighted by atomic mass is 10.0. The van der Waals surface area contributed by atoms with E-state index < -0.39 is 17.3 Å². The SMILES string of the molecule is CCc1c(C)c2c3c(C(F)(F)F)cc(=O)[nH]c3ccc2n1CCOCCOCCO. The van der Waals surface area contributed by atoms with Crippen LogP contribution in [0.5, 0.6) is 0 Å². The Morgan fingerprint density at radius 1 is 1.10 bits per heavy atom. The van der Waals surface area contributed by atoms with Gasteiger partial charge in [-0.2, -0.15) is 13.2 Å². The van der Waals surface area contributed by atoms with Crippen LogP contribution in [0.4, 0.5) is 13.2 Å². The van der Waals surface area contributed by atoms with Crippen molar-refractivity contribution in [3.8, 4) is 0 Å². The Hall–Kier alpha value is -2.36. The van der Waals surface area contributed by atoms with E-state index in [4.69, 9.17) is 14.6 Å². The molecule has 0 fully saturated rings. The van der Waals surface area contributed by atoms with E-state index in [1.165, 1.54) is 6.07 Å². The fourth-order valence-electron chi connectivity index (χ4n) is 3.92. The molecule has 0 atom stereocenters. The van der Waals surface area contributed by atoms with Gasteiger partial charge in [-0.25, -0.2) is 0 Å². The average Bonchev–Trinajstić information content (AvgIpc) is 2.97. The summed E-state index contributed by atoms with van der Waals surface area (Å²) in [5.74, 6) is 0. The highest BCUT2D eigenvalue weighted by Crippen LogP contribution is 2.39. The second-order valence-corrected chi connectivity index (χ2v) is 6.95. The summed E-state index contributed by atoms with van der Waals surface area (Å²) in [6.07, 6.45) is -3.99. The van der Waals surface area contributed by atoms with Crippen LogP contribution in [0.25, 0.3) is 21.8 Å². The van der Waals surface area contributed by atoms with E-state index in [9.17, 15) is 18.0 Å². The number of ether oxygens (including phenoxy) is 2. The number of benzene rings is 1. The van der Waals surface area contributed by atoms with E-state index >= 15 is 0 Å². The number of halogens is 3. The van der Waals surface area contributed by atoms with Gasteiger partial charge in [0.05, 0.1) is 38.6 Å². The molecule has 0 saturated carbocycles. The molecule has 0 amide bonds. The number of aromatic nitrogens is 2. The minimum absolute atomic E-state index is 0.0175. The van der Waals surface area contributed by atoms with Gasteiger partial charge in [0.15, 0.2) is 0 Å². The summed E-state index contributed by atoms with van der Waals surface area (Å²) in [5, 5.41) is 9.20. The van der Waals surface area contributed by atoms with Gasteiger partial charge in [-0.05, 0) is 31.0 Å². The Kier molecular flexibility index (Phi) is 6.84. The summed E-state index contributed by atoms with van der Waals surface area (Å²) in [4.78, 5) is 14.3. The first-order chi connectivity index (χ1) is 14.3. The number of hydrogen-bond acceptors (Lipinski definition) is 4. The standard InChI is InChI=1S/C21H25F3N2O4/c1-3-16-13(2)19-17(26(16)6-8-29-10-11-30-9-7-27)5-4-15-20(19)14(21(22,23)24)12-18(28)25-15/h4-5,12,27H,3,6-11H2,1-2H3,(H,25,28). The minimum atomic E-state index is -4.64. The molecule has 0 bridgehead atoms. The second-order valence-electron chi connectivity index (χ2n) is 6.95. The van der Waals surface area contributed by atoms with Crippen LogP contribution in [0.3, 0.4) is 0 Å². The molecule has 0 spiro atoms. The number of aliphatic hydroxyl groups excluding tert-OH is 1. The lowest BCUT2D eigenvalue weighted by Gasteiger charge is -2.13. The van der Waals surface area contributed by atoms with Gasteiger partial charge in [0.25, 0.3) is 0 Å². The number of nitrogens with one attached hydrogen (secondary N) is 1. The summed E-state index contributed by atoms with van der Waals surface area (Å²) in [6, 6.07) is 3.89. The predicted molar refractivity (Wildman–Crippen MR) is 108 cm³/mol. The smallest absolute Gasteiger partial charge is 0.394 e. The number of rotatable bonds is 9. The number of aliphatic hydroxyl groups is 1. The molecule has 0 radical (unpaired) electrons. The van der Waals surface area contributed by atoms with Crippen molar-refractivity contribution in [2.75, 3.05) is 33.0 Å². The molecule has 2 aromatic heterocycles. The first kappa shape index (κ1) is 22.3. The third-order valence-electron chi connectivity index (χ3n) is 5.12. The van der Waals surface area contributed by atoms with E-state index in [0.717, 1.165) is 11.3 Å². The first-order valence-corrected chi connectivity index (χ1v) is 9.80. The fraction of sp³-hybridized carbons (Fsp3) is 0.476. The summed E-state index contributed by atoms with van der Waals surface area (Å²) < 4.78 is 53.8. The van der Waals surface area contributed by atoms with Gasteiger partial charge < -0.3 is 24.1 Å². The molecule has 1 aromatic carbocycles. The Bertz CT molecular complexity index is 1090. The van der Waals surface area contributed by atoms with Gasteiger partial charge in [-0.1, -0.05) is 6.92 Å². The molecule has 3 aromatic rings. The molecular formula is C21H25F3N2O4. The zero-order valence-corrected chi connectivity index (χ0v) is 16.9. The predicted octanol–water partition coefficient (Wildman–Crippen LogP) is 3.40. The lowest BCUT2D eigenvalue weighted by Crippen LogP contribution is -2.14. The quantitative estimate of drug-likeness (QED) is 0.515. The Balaban J connectivity index is 2.03. The largest absolute Gasteiger partial charge is 0.417 e. The third-order valence-corrected chi connectivity index (χ3v) is 5.12. The summed E-state index contributed by atoms with van der Waals surface area (Å²) >= 11 is 0. The van der Waals surface area contributed by atoms with Crippen molar-refractivity contribution in [1.29, 1.82) is 0 Å². The monoisotopic (exact) mass is 426 g/mol. The molecule has 0 unspecified atom stereocenters. The van der Waals surface area contributed by atoms with E-state index in [0.29, 0.717) is 49.8 Å². The molecule has 0 aliphatic rings. The van der Waals surface area contributed by atoms with Crippen LogP contribution in [0.15, 0.2) is 23.0 Å². The van der Waals surface area contributed by atoms with Crippen LogP contribution in [-0.4, -0.2) is 47.7 Å². The van der Waals surface area contributed by atoms with E-state index in [2.05, 4.69) is 4.98 Å². The average molecular weight is 426 g/mol. The molecule has 0 aliphatic carbocycles. The number of aryl methyl sites for hydroxylation is 1. The maximum Gasteiger partial charge on any atom is 0.417 e. The number of pyridine rings is 1. The van der Waals surface area contributed by atoms with Crippen LogP contribution in [0.1, 0.15) is 23.7 Å². The molecule has 164 valence electrons. The van der Waals surface area contributed by atoms with Gasteiger partial charge >= 0.3 is 6.18 Å². The van der Waals surface area contributed by atoms with Gasteiger partial charge in [-0.15, -0.1) is 0 Å². The summed E-state index contributed by atoms with van der Waals surface area (Å²) in [6.45, 7) is 5.54. The number of nitrogens with zero attached hydrogens (tertiary/aromatic N) is 1. The molecule has 2 heterocycles. The van der Waals surface area contributed by atoms with Crippen LogP contribution in [0, 0.1) is 6.92 Å². The maximum absolute atomic E-state index is 13.7. The third kappa shape index (κ3) is 4.38. The second kappa shape index (κ2) is 9.20. The summed E-state index contributed by atoms with van der Waals surface area (Å²) in [7, 11) is 0. The van der Waals surface area contributed by atoms with Crippen molar-refractivity contribution in [3.05, 3.63) is 45.4 Å². The number of H-pyrrole nitrogens is 1. The minimum Gasteiger partial charge on any atom is -0.394 e. The lowest BCUT2D eigenvalue weighted by molar-refractivity contribution is -0.136. The molecule has 30 heavy (non-hydrogen) atoms. The van der Waals surface area contributed by atoms with Gasteiger partial charge in [0.2, 0.25) is 5.56 Å². The van der Waals surface area contributed by atoms with Crippen molar-refractivity contribution in [2.24, 2.45) is 0 Å². The number of fused-ring (bicyclic) bond motifs is 3. The zero-order valence-electron chi connectivity index (χ0n) is 16.9. The normalized spacial score (nSPS) is 12.3. The highest BCUT2D eigenvalue weighted by atomic mass is 19.4. The van der Waals surface area contributed by atoms with Gasteiger partial charge in [0.1, 0.15) is 0 Å². The fourth-order valence-corrected chi connectivity index (χ4v) is 3.92. The first-order valence-electron chi connectivity index (χ1n) is 9.80. The van der Waals surface area contributed by atoms with E-state index in [1.807, 2.05) is 18.4 Å². The molecule has 2 N–H and O–H groups in total. The highest BCUT2D eigenvalue weighted by molar-refractivity contribution is 6.09.